The number of allylic oxidation sites excluding steroid dienone is 1. The molecule has 0 aliphatic rings. The fourth-order valence-electron chi connectivity index (χ4n) is 1.75. The van der Waals surface area contributed by atoms with E-state index in [9.17, 15) is 0 Å². The van der Waals surface area contributed by atoms with Crippen LogP contribution in [0.1, 0.15) is 51.4 Å². The highest BCUT2D eigenvalue weighted by Crippen LogP contribution is 2.10. The van der Waals surface area contributed by atoms with Gasteiger partial charge in [-0.1, -0.05) is 31.4 Å². The molecule has 1 N–H and O–H groups in total. The molecule has 0 aromatic heterocycles. The van der Waals surface area contributed by atoms with Crippen molar-refractivity contribution in [3.8, 4) is 0 Å². The number of hydrogen-bond acceptors (Lipinski definition) is 3. The molecule has 0 aliphatic carbocycles. The van der Waals surface area contributed by atoms with Crippen molar-refractivity contribution < 1.29 is 14.6 Å². The van der Waals surface area contributed by atoms with Crippen molar-refractivity contribution in [2.75, 3.05) is 20.8 Å². The van der Waals surface area contributed by atoms with Crippen LogP contribution in [0, 0.1) is 0 Å². The lowest BCUT2D eigenvalue weighted by atomic mass is 10.1. The molecule has 0 rings (SSSR count). The predicted octanol–water partition coefficient (Wildman–Crippen LogP) is 3.27. The molecule has 0 atom stereocenters. The van der Waals surface area contributed by atoms with Crippen molar-refractivity contribution in [2.24, 2.45) is 0 Å². The number of ether oxygens (including phenoxy) is 2. The van der Waals surface area contributed by atoms with Crippen LogP contribution in [0.2, 0.25) is 0 Å². The van der Waals surface area contributed by atoms with Crippen molar-refractivity contribution in [2.45, 2.75) is 57.7 Å². The van der Waals surface area contributed by atoms with Crippen LogP contribution < -0.4 is 0 Å². The van der Waals surface area contributed by atoms with Gasteiger partial charge in [0.2, 0.25) is 0 Å². The highest BCUT2D eigenvalue weighted by molar-refractivity contribution is 4.80. The Morgan fingerprint density at radius 1 is 0.882 bits per heavy atom. The first-order chi connectivity index (χ1) is 8.35. The molecule has 3 heteroatoms. The van der Waals surface area contributed by atoms with Gasteiger partial charge in [-0.05, 0) is 32.1 Å². The number of aliphatic hydroxyl groups is 1. The average molecular weight is 244 g/mol. The number of unbranched alkanes of at least 4 members (excludes halogenated alkanes) is 5. The van der Waals surface area contributed by atoms with Crippen LogP contribution in [-0.2, 0) is 9.47 Å². The van der Waals surface area contributed by atoms with Gasteiger partial charge in [-0.15, -0.1) is 0 Å². The molecule has 3 nitrogen and oxygen atoms in total. The zero-order chi connectivity index (χ0) is 12.8. The Hall–Kier alpha value is -0.380. The SMILES string of the molecule is COC(CCCCCCC/C=C\CCO)OC. The van der Waals surface area contributed by atoms with Gasteiger partial charge in [-0.25, -0.2) is 0 Å². The Morgan fingerprint density at radius 3 is 2.12 bits per heavy atom. The Kier molecular flexibility index (Phi) is 13.4. The quantitative estimate of drug-likeness (QED) is 0.325. The van der Waals surface area contributed by atoms with E-state index in [1.807, 2.05) is 0 Å². The first-order valence-electron chi connectivity index (χ1n) is 6.66. The van der Waals surface area contributed by atoms with Crippen molar-refractivity contribution in [1.82, 2.24) is 0 Å². The molecule has 0 unspecified atom stereocenters. The van der Waals surface area contributed by atoms with Crippen LogP contribution >= 0.6 is 0 Å². The summed E-state index contributed by atoms with van der Waals surface area (Å²) in [7, 11) is 3.37. The first-order valence-corrected chi connectivity index (χ1v) is 6.66. The van der Waals surface area contributed by atoms with E-state index in [2.05, 4.69) is 12.2 Å². The molecule has 0 spiro atoms. The molecule has 102 valence electrons. The molecule has 0 heterocycles. The van der Waals surface area contributed by atoms with Crippen LogP contribution in [-0.4, -0.2) is 32.2 Å². The van der Waals surface area contributed by atoms with Gasteiger partial charge in [0.15, 0.2) is 6.29 Å². The summed E-state index contributed by atoms with van der Waals surface area (Å²) in [6.45, 7) is 0.261. The van der Waals surface area contributed by atoms with Crippen LogP contribution in [0.15, 0.2) is 12.2 Å². The van der Waals surface area contributed by atoms with Gasteiger partial charge in [0.25, 0.3) is 0 Å². The summed E-state index contributed by atoms with van der Waals surface area (Å²) in [6.07, 6.45) is 13.4. The zero-order valence-electron chi connectivity index (χ0n) is 11.4. The summed E-state index contributed by atoms with van der Waals surface area (Å²) < 4.78 is 10.3. The van der Waals surface area contributed by atoms with Crippen LogP contribution in [0.3, 0.4) is 0 Å². The van der Waals surface area contributed by atoms with E-state index in [1.165, 1.54) is 32.1 Å². The lowest BCUT2D eigenvalue weighted by Gasteiger charge is -2.12. The van der Waals surface area contributed by atoms with Crippen molar-refractivity contribution in [1.29, 1.82) is 0 Å². The van der Waals surface area contributed by atoms with Crippen LogP contribution in [0.5, 0.6) is 0 Å². The maximum Gasteiger partial charge on any atom is 0.156 e. The second-order valence-corrected chi connectivity index (χ2v) is 4.23. The Labute approximate surface area is 106 Å². The second kappa shape index (κ2) is 13.7. The number of aliphatic hydroxyl groups excluding tert-OH is 1. The topological polar surface area (TPSA) is 38.7 Å². The number of rotatable bonds is 12. The minimum atomic E-state index is -0.0311. The fourth-order valence-corrected chi connectivity index (χ4v) is 1.75. The van der Waals surface area contributed by atoms with Crippen molar-refractivity contribution in [3.05, 3.63) is 12.2 Å². The van der Waals surface area contributed by atoms with E-state index < -0.39 is 0 Å². The maximum absolute atomic E-state index is 8.58. The third kappa shape index (κ3) is 11.9. The Morgan fingerprint density at radius 2 is 1.47 bits per heavy atom. The molecule has 0 saturated heterocycles. The largest absolute Gasteiger partial charge is 0.396 e. The molecule has 0 radical (unpaired) electrons. The molecule has 17 heavy (non-hydrogen) atoms. The monoisotopic (exact) mass is 244 g/mol. The molecule has 0 fully saturated rings. The van der Waals surface area contributed by atoms with Gasteiger partial charge in [-0.3, -0.25) is 0 Å². The molecule has 0 aliphatic heterocycles. The van der Waals surface area contributed by atoms with E-state index >= 15 is 0 Å². The Balaban J connectivity index is 3.13. The molecular formula is C14H28O3. The zero-order valence-corrected chi connectivity index (χ0v) is 11.4. The van der Waals surface area contributed by atoms with E-state index in [-0.39, 0.29) is 12.9 Å². The van der Waals surface area contributed by atoms with E-state index in [1.54, 1.807) is 14.2 Å². The van der Waals surface area contributed by atoms with Gasteiger partial charge in [0, 0.05) is 20.8 Å². The highest BCUT2D eigenvalue weighted by Gasteiger charge is 2.03. The van der Waals surface area contributed by atoms with E-state index in [0.717, 1.165) is 19.3 Å². The summed E-state index contributed by atoms with van der Waals surface area (Å²) >= 11 is 0. The third-order valence-corrected chi connectivity index (χ3v) is 2.80. The summed E-state index contributed by atoms with van der Waals surface area (Å²) in [6, 6.07) is 0. The number of hydrogen-bond donors (Lipinski definition) is 1. The normalized spacial score (nSPS) is 11.8. The van der Waals surface area contributed by atoms with Gasteiger partial charge in [0.1, 0.15) is 0 Å². The molecule has 0 amide bonds. The van der Waals surface area contributed by atoms with Gasteiger partial charge in [-0.2, -0.15) is 0 Å². The summed E-state index contributed by atoms with van der Waals surface area (Å²) in [5, 5.41) is 8.58. The minimum absolute atomic E-state index is 0.0311. The second-order valence-electron chi connectivity index (χ2n) is 4.23. The van der Waals surface area contributed by atoms with E-state index in [0.29, 0.717) is 0 Å². The van der Waals surface area contributed by atoms with E-state index in [4.69, 9.17) is 14.6 Å². The van der Waals surface area contributed by atoms with Gasteiger partial charge < -0.3 is 14.6 Å². The van der Waals surface area contributed by atoms with Crippen LogP contribution in [0.25, 0.3) is 0 Å². The summed E-state index contributed by atoms with van der Waals surface area (Å²) in [4.78, 5) is 0. The maximum atomic E-state index is 8.58. The number of methoxy groups -OCH3 is 2. The lowest BCUT2D eigenvalue weighted by Crippen LogP contribution is -2.12. The molecule has 0 aromatic rings. The van der Waals surface area contributed by atoms with Crippen LogP contribution in [0.4, 0.5) is 0 Å². The smallest absolute Gasteiger partial charge is 0.156 e. The molecule has 0 aromatic carbocycles. The van der Waals surface area contributed by atoms with Gasteiger partial charge >= 0.3 is 0 Å². The average Bonchev–Trinajstić information content (AvgIpc) is 2.36. The third-order valence-electron chi connectivity index (χ3n) is 2.80. The summed E-state index contributed by atoms with van der Waals surface area (Å²) in [5.41, 5.74) is 0. The molecular weight excluding hydrogens is 216 g/mol. The summed E-state index contributed by atoms with van der Waals surface area (Å²) in [5.74, 6) is 0. The highest BCUT2D eigenvalue weighted by atomic mass is 16.7. The van der Waals surface area contributed by atoms with Crippen molar-refractivity contribution >= 4 is 0 Å². The predicted molar refractivity (Wildman–Crippen MR) is 71.0 cm³/mol. The van der Waals surface area contributed by atoms with Crippen molar-refractivity contribution in [3.63, 3.8) is 0 Å². The fraction of sp³-hybridized carbons (Fsp3) is 0.857. The standard InChI is InChI=1S/C14H28O3/c1-16-14(17-2)12-10-8-6-4-3-5-7-9-11-13-15/h7,9,14-15H,3-6,8,10-13H2,1-2H3/b9-7-. The minimum Gasteiger partial charge on any atom is -0.396 e. The first kappa shape index (κ1) is 16.6. The lowest BCUT2D eigenvalue weighted by molar-refractivity contribution is -0.107. The van der Waals surface area contributed by atoms with Gasteiger partial charge in [0.05, 0.1) is 0 Å². The molecule has 0 saturated carbocycles. The Bertz CT molecular complexity index is 165. The molecule has 0 bridgehead atoms.